The van der Waals surface area contributed by atoms with Crippen LogP contribution in [0, 0.1) is 24.0 Å². The first kappa shape index (κ1) is 19.6. The molecule has 0 aliphatic rings. The molecule has 0 saturated heterocycles. The number of nitrogens with zero attached hydrogens (tertiary/aromatic N) is 4. The molecule has 1 N–H and O–H groups in total. The van der Waals surface area contributed by atoms with E-state index in [1.165, 1.54) is 22.9 Å². The second-order valence-electron chi connectivity index (χ2n) is 6.06. The first-order valence-electron chi connectivity index (χ1n) is 8.04. The van der Waals surface area contributed by atoms with Gasteiger partial charge in [-0.25, -0.2) is 18.4 Å². The van der Waals surface area contributed by atoms with E-state index in [2.05, 4.69) is 15.4 Å². The highest BCUT2D eigenvalue weighted by molar-refractivity contribution is 6.33. The average Bonchev–Trinajstić information content (AvgIpc) is 2.91. The largest absolute Gasteiger partial charge is 0.323 e. The number of halogens is 3. The average molecular weight is 410 g/mol. The number of aromatic nitrogens is 3. The molecule has 0 spiro atoms. The summed E-state index contributed by atoms with van der Waals surface area (Å²) in [6.45, 7) is 2.79. The maximum atomic E-state index is 13.3. The number of nitro groups is 1. The van der Waals surface area contributed by atoms with Gasteiger partial charge in [0.05, 0.1) is 26.7 Å². The predicted molar refractivity (Wildman–Crippen MR) is 98.7 cm³/mol. The van der Waals surface area contributed by atoms with Crippen LogP contribution in [-0.4, -0.2) is 25.6 Å². The monoisotopic (exact) mass is 409 g/mol. The fourth-order valence-corrected chi connectivity index (χ4v) is 3.01. The van der Waals surface area contributed by atoms with Gasteiger partial charge >= 0.3 is 0 Å². The first-order chi connectivity index (χ1) is 13.2. The van der Waals surface area contributed by atoms with Crippen molar-refractivity contribution in [1.82, 2.24) is 14.8 Å². The van der Waals surface area contributed by atoms with Gasteiger partial charge < -0.3 is 5.32 Å². The van der Waals surface area contributed by atoms with Crippen LogP contribution in [0.15, 0.2) is 24.3 Å². The number of hydrogen-bond acceptors (Lipinski definition) is 5. The number of non-ortho nitro benzene ring substituents is 1. The van der Waals surface area contributed by atoms with Crippen LogP contribution in [0.2, 0.25) is 5.02 Å². The SMILES string of the molecule is Cc1cc(C(F)F)c2c(C)nn(CC(=O)Nc3cc([N+](=O)[O-])ccc3Cl)c2n1. The van der Waals surface area contributed by atoms with E-state index in [0.717, 1.165) is 6.07 Å². The molecule has 8 nitrogen and oxygen atoms in total. The van der Waals surface area contributed by atoms with Crippen molar-refractivity contribution in [3.05, 3.63) is 56.4 Å². The number of rotatable bonds is 5. The molecule has 0 bridgehead atoms. The predicted octanol–water partition coefficient (Wildman–Crippen LogP) is 4.19. The van der Waals surface area contributed by atoms with Crippen LogP contribution in [0.25, 0.3) is 11.0 Å². The van der Waals surface area contributed by atoms with E-state index < -0.39 is 17.3 Å². The Hall–Kier alpha value is -3.14. The van der Waals surface area contributed by atoms with E-state index in [4.69, 9.17) is 11.6 Å². The lowest BCUT2D eigenvalue weighted by Gasteiger charge is -2.08. The van der Waals surface area contributed by atoms with E-state index in [1.54, 1.807) is 13.8 Å². The number of pyridine rings is 1. The van der Waals surface area contributed by atoms with Gasteiger partial charge in [0.1, 0.15) is 6.54 Å². The molecule has 1 aromatic carbocycles. The zero-order valence-electron chi connectivity index (χ0n) is 14.7. The molecular weight excluding hydrogens is 396 g/mol. The lowest BCUT2D eigenvalue weighted by molar-refractivity contribution is -0.384. The molecule has 1 amide bonds. The van der Waals surface area contributed by atoms with Crippen molar-refractivity contribution in [1.29, 1.82) is 0 Å². The van der Waals surface area contributed by atoms with Crippen LogP contribution in [0.3, 0.4) is 0 Å². The van der Waals surface area contributed by atoms with Gasteiger partial charge in [-0.15, -0.1) is 0 Å². The summed E-state index contributed by atoms with van der Waals surface area (Å²) in [7, 11) is 0. The summed E-state index contributed by atoms with van der Waals surface area (Å²) >= 11 is 5.97. The Morgan fingerprint density at radius 2 is 2.07 bits per heavy atom. The Bertz CT molecular complexity index is 1100. The van der Waals surface area contributed by atoms with Gasteiger partial charge in [0, 0.05) is 23.4 Å². The number of hydrogen-bond donors (Lipinski definition) is 1. The fourth-order valence-electron chi connectivity index (χ4n) is 2.85. The number of carbonyl (C=O) groups excluding carboxylic acids is 1. The van der Waals surface area contributed by atoms with Gasteiger partial charge in [-0.05, 0) is 26.0 Å². The number of nitrogens with one attached hydrogen (secondary N) is 1. The first-order valence-corrected chi connectivity index (χ1v) is 8.41. The van der Waals surface area contributed by atoms with E-state index in [-0.39, 0.29) is 39.5 Å². The third-order valence-corrected chi connectivity index (χ3v) is 4.33. The molecule has 28 heavy (non-hydrogen) atoms. The van der Waals surface area contributed by atoms with Gasteiger partial charge in [0.2, 0.25) is 5.91 Å². The lowest BCUT2D eigenvalue weighted by Crippen LogP contribution is -2.20. The highest BCUT2D eigenvalue weighted by atomic mass is 35.5. The molecule has 0 aliphatic carbocycles. The van der Waals surface area contributed by atoms with E-state index in [0.29, 0.717) is 11.4 Å². The van der Waals surface area contributed by atoms with Crippen LogP contribution in [0.5, 0.6) is 0 Å². The number of anilines is 1. The summed E-state index contributed by atoms with van der Waals surface area (Å²) in [5, 5.41) is 17.8. The third kappa shape index (κ3) is 3.77. The zero-order chi connectivity index (χ0) is 20.6. The summed E-state index contributed by atoms with van der Waals surface area (Å²) in [4.78, 5) is 26.9. The standard InChI is InChI=1S/C17H14ClF2N5O3/c1-8-5-11(16(19)20)15-9(2)23-24(17(15)21-8)7-14(26)22-13-6-10(25(27)28)3-4-12(13)18/h3-6,16H,7H2,1-2H3,(H,22,26). The molecule has 0 aliphatic heterocycles. The molecule has 3 rings (SSSR count). The normalized spacial score (nSPS) is 11.2. The second-order valence-corrected chi connectivity index (χ2v) is 6.47. The zero-order valence-corrected chi connectivity index (χ0v) is 15.5. The lowest BCUT2D eigenvalue weighted by atomic mass is 10.1. The van der Waals surface area contributed by atoms with Crippen LogP contribution in [0.1, 0.15) is 23.4 Å². The van der Waals surface area contributed by atoms with Gasteiger partial charge in [0.15, 0.2) is 5.65 Å². The molecule has 2 heterocycles. The maximum absolute atomic E-state index is 13.3. The minimum absolute atomic E-state index is 0.0615. The number of alkyl halides is 2. The van der Waals surface area contributed by atoms with Crippen molar-refractivity contribution in [2.45, 2.75) is 26.8 Å². The van der Waals surface area contributed by atoms with Crippen LogP contribution < -0.4 is 5.32 Å². The van der Waals surface area contributed by atoms with Crippen molar-refractivity contribution < 1.29 is 18.5 Å². The molecule has 0 unspecified atom stereocenters. The maximum Gasteiger partial charge on any atom is 0.271 e. The van der Waals surface area contributed by atoms with Gasteiger partial charge in [0.25, 0.3) is 12.1 Å². The van der Waals surface area contributed by atoms with Crippen LogP contribution in [0.4, 0.5) is 20.2 Å². The number of fused-ring (bicyclic) bond motifs is 1. The topological polar surface area (TPSA) is 103 Å². The molecule has 11 heteroatoms. The summed E-state index contributed by atoms with van der Waals surface area (Å²) in [5.41, 5.74) is 0.469. The van der Waals surface area contributed by atoms with E-state index >= 15 is 0 Å². The molecule has 2 aromatic heterocycles. The molecule has 0 saturated carbocycles. The second kappa shape index (κ2) is 7.47. The van der Waals surface area contributed by atoms with Crippen molar-refractivity contribution in [2.75, 3.05) is 5.32 Å². The Morgan fingerprint density at radius 1 is 1.36 bits per heavy atom. The van der Waals surface area contributed by atoms with Gasteiger partial charge in [-0.2, -0.15) is 5.10 Å². The van der Waals surface area contributed by atoms with E-state index in [9.17, 15) is 23.7 Å². The van der Waals surface area contributed by atoms with Gasteiger partial charge in [-0.3, -0.25) is 14.9 Å². The quantitative estimate of drug-likeness (QED) is 0.502. The minimum Gasteiger partial charge on any atom is -0.323 e. The smallest absolute Gasteiger partial charge is 0.271 e. The number of aryl methyl sites for hydroxylation is 2. The van der Waals surface area contributed by atoms with Crippen molar-refractivity contribution >= 4 is 39.9 Å². The van der Waals surface area contributed by atoms with Crippen LogP contribution in [-0.2, 0) is 11.3 Å². The van der Waals surface area contributed by atoms with Crippen molar-refractivity contribution in [2.24, 2.45) is 0 Å². The Morgan fingerprint density at radius 3 is 2.71 bits per heavy atom. The highest BCUT2D eigenvalue weighted by Gasteiger charge is 2.21. The number of carbonyl (C=O) groups is 1. The number of nitro benzene ring substituents is 1. The Kier molecular flexibility index (Phi) is 5.23. The summed E-state index contributed by atoms with van der Waals surface area (Å²) in [5.74, 6) is -0.589. The third-order valence-electron chi connectivity index (χ3n) is 4.00. The molecule has 146 valence electrons. The number of amides is 1. The summed E-state index contributed by atoms with van der Waals surface area (Å²) in [6, 6.07) is 4.92. The Balaban J connectivity index is 1.92. The van der Waals surface area contributed by atoms with Crippen molar-refractivity contribution in [3.63, 3.8) is 0 Å². The highest BCUT2D eigenvalue weighted by Crippen LogP contribution is 2.30. The molecule has 3 aromatic rings. The summed E-state index contributed by atoms with van der Waals surface area (Å²) in [6.07, 6.45) is -2.71. The molecule has 0 fully saturated rings. The molecule has 0 atom stereocenters. The summed E-state index contributed by atoms with van der Waals surface area (Å²) < 4.78 is 27.9. The van der Waals surface area contributed by atoms with Crippen LogP contribution >= 0.6 is 11.6 Å². The minimum atomic E-state index is -2.71. The number of benzene rings is 1. The van der Waals surface area contributed by atoms with E-state index in [1.807, 2.05) is 0 Å². The molecule has 0 radical (unpaired) electrons. The molecular formula is C17H14ClF2N5O3. The van der Waals surface area contributed by atoms with Gasteiger partial charge in [-0.1, -0.05) is 11.6 Å². The fraction of sp³-hybridized carbons (Fsp3) is 0.235. The van der Waals surface area contributed by atoms with Crippen molar-refractivity contribution in [3.8, 4) is 0 Å². The Labute approximate surface area is 162 Å².